The summed E-state index contributed by atoms with van der Waals surface area (Å²) in [5, 5.41) is 2.69. The molecule has 2 rings (SSSR count). The summed E-state index contributed by atoms with van der Waals surface area (Å²) in [6.07, 6.45) is -4.51. The van der Waals surface area contributed by atoms with Gasteiger partial charge in [-0.2, -0.15) is 13.2 Å². The first-order valence-corrected chi connectivity index (χ1v) is 6.64. The SMILES string of the molecule is Cc1nc(C(F)(F)F)ccc1C(=O)NCc1ccc(C)n1C. The maximum absolute atomic E-state index is 12.6. The van der Waals surface area contributed by atoms with Crippen molar-refractivity contribution in [3.05, 3.63) is 52.6 Å². The fourth-order valence-electron chi connectivity index (χ4n) is 2.07. The van der Waals surface area contributed by atoms with Gasteiger partial charge in [-0.15, -0.1) is 0 Å². The Morgan fingerprint density at radius 1 is 1.23 bits per heavy atom. The molecule has 0 spiro atoms. The van der Waals surface area contributed by atoms with E-state index in [4.69, 9.17) is 0 Å². The van der Waals surface area contributed by atoms with Gasteiger partial charge >= 0.3 is 6.18 Å². The smallest absolute Gasteiger partial charge is 0.350 e. The molecule has 0 unspecified atom stereocenters. The molecule has 0 bridgehead atoms. The summed E-state index contributed by atoms with van der Waals surface area (Å²) in [5.41, 5.74) is 1.15. The molecule has 2 heterocycles. The zero-order valence-electron chi connectivity index (χ0n) is 12.5. The molecule has 118 valence electrons. The van der Waals surface area contributed by atoms with Crippen LogP contribution in [0, 0.1) is 13.8 Å². The fourth-order valence-corrected chi connectivity index (χ4v) is 2.07. The molecule has 1 amide bonds. The van der Waals surface area contributed by atoms with Gasteiger partial charge in [-0.05, 0) is 38.1 Å². The van der Waals surface area contributed by atoms with Gasteiger partial charge in [0.2, 0.25) is 0 Å². The van der Waals surface area contributed by atoms with Gasteiger partial charge in [0.1, 0.15) is 5.69 Å². The number of aromatic nitrogens is 2. The van der Waals surface area contributed by atoms with Gasteiger partial charge in [0.15, 0.2) is 0 Å². The van der Waals surface area contributed by atoms with Crippen molar-refractivity contribution >= 4 is 5.91 Å². The monoisotopic (exact) mass is 311 g/mol. The van der Waals surface area contributed by atoms with E-state index < -0.39 is 17.8 Å². The number of alkyl halides is 3. The Kier molecular flexibility index (Phi) is 4.25. The summed E-state index contributed by atoms with van der Waals surface area (Å²) in [4.78, 5) is 15.5. The van der Waals surface area contributed by atoms with Crippen molar-refractivity contribution in [2.45, 2.75) is 26.6 Å². The molecule has 0 saturated carbocycles. The minimum Gasteiger partial charge on any atom is -0.350 e. The third-order valence-electron chi connectivity index (χ3n) is 3.53. The zero-order valence-corrected chi connectivity index (χ0v) is 12.5. The van der Waals surface area contributed by atoms with Crippen LogP contribution in [0.2, 0.25) is 0 Å². The van der Waals surface area contributed by atoms with Crippen LogP contribution in [-0.4, -0.2) is 15.5 Å². The van der Waals surface area contributed by atoms with Crippen molar-refractivity contribution in [2.24, 2.45) is 7.05 Å². The average molecular weight is 311 g/mol. The molecule has 0 radical (unpaired) electrons. The van der Waals surface area contributed by atoms with Crippen LogP contribution >= 0.6 is 0 Å². The Labute approximate surface area is 126 Å². The number of carbonyl (C=O) groups excluding carboxylic acids is 1. The van der Waals surface area contributed by atoms with E-state index in [9.17, 15) is 18.0 Å². The number of carbonyl (C=O) groups is 1. The molecule has 22 heavy (non-hydrogen) atoms. The van der Waals surface area contributed by atoms with Crippen LogP contribution in [0.1, 0.15) is 33.1 Å². The van der Waals surface area contributed by atoms with E-state index >= 15 is 0 Å². The highest BCUT2D eigenvalue weighted by Crippen LogP contribution is 2.28. The van der Waals surface area contributed by atoms with Gasteiger partial charge in [0, 0.05) is 18.4 Å². The van der Waals surface area contributed by atoms with Gasteiger partial charge in [0.25, 0.3) is 5.91 Å². The molecule has 2 aromatic heterocycles. The lowest BCUT2D eigenvalue weighted by molar-refractivity contribution is -0.141. The van der Waals surface area contributed by atoms with Crippen LogP contribution in [0.15, 0.2) is 24.3 Å². The number of pyridine rings is 1. The Bertz CT molecular complexity index is 705. The molecule has 0 aliphatic rings. The Balaban J connectivity index is 2.11. The molecule has 2 aromatic rings. The minimum atomic E-state index is -4.51. The number of amides is 1. The third-order valence-corrected chi connectivity index (χ3v) is 3.53. The van der Waals surface area contributed by atoms with Crippen LogP contribution in [-0.2, 0) is 19.8 Å². The van der Waals surface area contributed by atoms with Crippen molar-refractivity contribution in [1.82, 2.24) is 14.9 Å². The molecular weight excluding hydrogens is 295 g/mol. The van der Waals surface area contributed by atoms with Crippen LogP contribution < -0.4 is 5.32 Å². The van der Waals surface area contributed by atoms with Crippen molar-refractivity contribution in [3.63, 3.8) is 0 Å². The molecule has 0 fully saturated rings. The van der Waals surface area contributed by atoms with Crippen LogP contribution in [0.3, 0.4) is 0 Å². The first-order valence-electron chi connectivity index (χ1n) is 6.64. The summed E-state index contributed by atoms with van der Waals surface area (Å²) >= 11 is 0. The maximum atomic E-state index is 12.6. The lowest BCUT2D eigenvalue weighted by Crippen LogP contribution is -2.25. The standard InChI is InChI=1S/C15H16F3N3O/c1-9-4-5-11(21(9)3)8-19-14(22)12-6-7-13(15(16,17)18)20-10(12)2/h4-7H,8H2,1-3H3,(H,19,22). The Hall–Kier alpha value is -2.31. The maximum Gasteiger partial charge on any atom is 0.433 e. The van der Waals surface area contributed by atoms with E-state index in [1.807, 2.05) is 30.7 Å². The highest BCUT2D eigenvalue weighted by atomic mass is 19.4. The molecular formula is C15H16F3N3O. The second-order valence-electron chi connectivity index (χ2n) is 5.03. The quantitative estimate of drug-likeness (QED) is 0.947. The molecule has 0 aliphatic carbocycles. The second kappa shape index (κ2) is 5.82. The van der Waals surface area contributed by atoms with Gasteiger partial charge in [-0.3, -0.25) is 4.79 Å². The highest BCUT2D eigenvalue weighted by molar-refractivity contribution is 5.95. The van der Waals surface area contributed by atoms with E-state index in [1.54, 1.807) is 0 Å². The summed E-state index contributed by atoms with van der Waals surface area (Å²) in [5.74, 6) is -0.447. The largest absolute Gasteiger partial charge is 0.433 e. The second-order valence-corrected chi connectivity index (χ2v) is 5.03. The van der Waals surface area contributed by atoms with Gasteiger partial charge in [-0.1, -0.05) is 0 Å². The summed E-state index contributed by atoms with van der Waals surface area (Å²) in [7, 11) is 1.88. The average Bonchev–Trinajstić information content (AvgIpc) is 2.75. The predicted molar refractivity (Wildman–Crippen MR) is 75.3 cm³/mol. The molecule has 0 atom stereocenters. The van der Waals surface area contributed by atoms with Crippen LogP contribution in [0.4, 0.5) is 13.2 Å². The Morgan fingerprint density at radius 3 is 2.41 bits per heavy atom. The third kappa shape index (κ3) is 3.29. The first kappa shape index (κ1) is 16.1. The molecule has 4 nitrogen and oxygen atoms in total. The zero-order chi connectivity index (χ0) is 16.5. The normalized spacial score (nSPS) is 11.5. The molecule has 0 aromatic carbocycles. The number of halogens is 3. The number of nitrogens with zero attached hydrogens (tertiary/aromatic N) is 2. The van der Waals surface area contributed by atoms with Crippen molar-refractivity contribution in [1.29, 1.82) is 0 Å². The van der Waals surface area contributed by atoms with E-state index in [0.29, 0.717) is 6.54 Å². The Morgan fingerprint density at radius 2 is 1.91 bits per heavy atom. The predicted octanol–water partition coefficient (Wildman–Crippen LogP) is 2.99. The van der Waals surface area contributed by atoms with E-state index in [1.165, 1.54) is 6.92 Å². The van der Waals surface area contributed by atoms with Crippen molar-refractivity contribution < 1.29 is 18.0 Å². The number of rotatable bonds is 3. The molecule has 7 heteroatoms. The topological polar surface area (TPSA) is 46.9 Å². The first-order chi connectivity index (χ1) is 10.2. The summed E-state index contributed by atoms with van der Waals surface area (Å²) in [6.45, 7) is 3.62. The van der Waals surface area contributed by atoms with Crippen molar-refractivity contribution in [3.8, 4) is 0 Å². The minimum absolute atomic E-state index is 0.0513. The molecule has 0 aliphatic heterocycles. The summed E-state index contributed by atoms with van der Waals surface area (Å²) in [6, 6.07) is 5.77. The number of hydrogen-bond donors (Lipinski definition) is 1. The number of hydrogen-bond acceptors (Lipinski definition) is 2. The van der Waals surface area contributed by atoms with Gasteiger partial charge < -0.3 is 9.88 Å². The van der Waals surface area contributed by atoms with Crippen LogP contribution in [0.5, 0.6) is 0 Å². The molecule has 0 saturated heterocycles. The van der Waals surface area contributed by atoms with Crippen molar-refractivity contribution in [2.75, 3.05) is 0 Å². The van der Waals surface area contributed by atoms with Crippen LogP contribution in [0.25, 0.3) is 0 Å². The lowest BCUT2D eigenvalue weighted by Gasteiger charge is -2.11. The lowest BCUT2D eigenvalue weighted by atomic mass is 10.1. The number of nitrogens with one attached hydrogen (secondary N) is 1. The number of aryl methyl sites for hydroxylation is 2. The van der Waals surface area contributed by atoms with E-state index in [-0.39, 0.29) is 11.3 Å². The molecule has 1 N–H and O–H groups in total. The fraction of sp³-hybridized carbons (Fsp3) is 0.333. The van der Waals surface area contributed by atoms with E-state index in [2.05, 4.69) is 10.3 Å². The van der Waals surface area contributed by atoms with E-state index in [0.717, 1.165) is 23.5 Å². The summed E-state index contributed by atoms with van der Waals surface area (Å²) < 4.78 is 39.6. The van der Waals surface area contributed by atoms with Gasteiger partial charge in [0.05, 0.1) is 17.8 Å². The van der Waals surface area contributed by atoms with Gasteiger partial charge in [-0.25, -0.2) is 4.98 Å². The highest BCUT2D eigenvalue weighted by Gasteiger charge is 2.33.